The standard InChI is InChI=1S/C17H21ClN4O/c1-12-5-3-4-6-15(12)21-9-7-13(8-10-21)22-17(23)16(18)14(19-2)11-20-22/h3-6,11,13,19H,7-10H2,1-2H3. The number of hydrogen-bond acceptors (Lipinski definition) is 4. The molecule has 3 rings (SSSR count). The Balaban J connectivity index is 1.76. The van der Waals surface area contributed by atoms with Crippen LogP contribution in [0.2, 0.25) is 5.02 Å². The van der Waals surface area contributed by atoms with Crippen molar-refractivity contribution < 1.29 is 0 Å². The summed E-state index contributed by atoms with van der Waals surface area (Å²) in [6.45, 7) is 3.95. The minimum absolute atomic E-state index is 0.103. The van der Waals surface area contributed by atoms with E-state index >= 15 is 0 Å². The van der Waals surface area contributed by atoms with E-state index in [0.29, 0.717) is 5.69 Å². The zero-order chi connectivity index (χ0) is 16.4. The third kappa shape index (κ3) is 3.06. The van der Waals surface area contributed by atoms with Gasteiger partial charge in [-0.15, -0.1) is 0 Å². The van der Waals surface area contributed by atoms with Gasteiger partial charge in [0.25, 0.3) is 5.56 Å². The van der Waals surface area contributed by atoms with Crippen molar-refractivity contribution in [3.8, 4) is 0 Å². The van der Waals surface area contributed by atoms with Crippen molar-refractivity contribution in [2.45, 2.75) is 25.8 Å². The van der Waals surface area contributed by atoms with Crippen LogP contribution in [0.15, 0.2) is 35.3 Å². The van der Waals surface area contributed by atoms with Crippen LogP contribution in [0, 0.1) is 6.92 Å². The molecule has 5 nitrogen and oxygen atoms in total. The summed E-state index contributed by atoms with van der Waals surface area (Å²) in [6.07, 6.45) is 3.39. The Morgan fingerprint density at radius 1 is 1.26 bits per heavy atom. The SMILES string of the molecule is CNc1cnn(C2CCN(c3ccccc3C)CC2)c(=O)c1Cl. The Morgan fingerprint density at radius 2 is 1.96 bits per heavy atom. The molecular weight excluding hydrogens is 312 g/mol. The zero-order valence-electron chi connectivity index (χ0n) is 13.4. The Labute approximate surface area is 140 Å². The van der Waals surface area contributed by atoms with Crippen molar-refractivity contribution in [2.24, 2.45) is 0 Å². The number of nitrogens with zero attached hydrogens (tertiary/aromatic N) is 3. The largest absolute Gasteiger partial charge is 0.385 e. The van der Waals surface area contributed by atoms with Crippen molar-refractivity contribution in [3.63, 3.8) is 0 Å². The molecule has 0 saturated carbocycles. The number of aromatic nitrogens is 2. The number of piperidine rings is 1. The van der Waals surface area contributed by atoms with Crippen LogP contribution in [-0.4, -0.2) is 29.9 Å². The quantitative estimate of drug-likeness (QED) is 0.938. The molecule has 0 unspecified atom stereocenters. The van der Waals surface area contributed by atoms with Crippen molar-refractivity contribution in [3.05, 3.63) is 51.4 Å². The predicted molar refractivity (Wildman–Crippen MR) is 94.7 cm³/mol. The summed E-state index contributed by atoms with van der Waals surface area (Å²) in [4.78, 5) is 14.7. The van der Waals surface area contributed by atoms with Gasteiger partial charge in [0.15, 0.2) is 0 Å². The lowest BCUT2D eigenvalue weighted by atomic mass is 10.0. The molecule has 122 valence electrons. The van der Waals surface area contributed by atoms with Crippen LogP contribution in [0.5, 0.6) is 0 Å². The number of halogens is 1. The lowest BCUT2D eigenvalue weighted by molar-refractivity contribution is 0.353. The number of para-hydroxylation sites is 1. The van der Waals surface area contributed by atoms with E-state index in [1.165, 1.54) is 11.3 Å². The van der Waals surface area contributed by atoms with Gasteiger partial charge in [-0.1, -0.05) is 29.8 Å². The first-order valence-corrected chi connectivity index (χ1v) is 8.25. The predicted octanol–water partition coefficient (Wildman–Crippen LogP) is 3.09. The first-order chi connectivity index (χ1) is 11.1. The molecule has 1 saturated heterocycles. The lowest BCUT2D eigenvalue weighted by Crippen LogP contribution is -2.38. The summed E-state index contributed by atoms with van der Waals surface area (Å²) < 4.78 is 1.54. The van der Waals surface area contributed by atoms with Gasteiger partial charge >= 0.3 is 0 Å². The third-order valence-electron chi connectivity index (χ3n) is 4.48. The highest BCUT2D eigenvalue weighted by Gasteiger charge is 2.24. The second-order valence-corrected chi connectivity index (χ2v) is 6.25. The molecule has 0 atom stereocenters. The van der Waals surface area contributed by atoms with E-state index in [4.69, 9.17) is 11.6 Å². The van der Waals surface area contributed by atoms with E-state index in [9.17, 15) is 4.79 Å². The van der Waals surface area contributed by atoms with Crippen LogP contribution in [0.1, 0.15) is 24.4 Å². The van der Waals surface area contributed by atoms with E-state index < -0.39 is 0 Å². The maximum Gasteiger partial charge on any atom is 0.287 e. The van der Waals surface area contributed by atoms with Crippen molar-refractivity contribution in [2.75, 3.05) is 30.4 Å². The normalized spacial score (nSPS) is 15.7. The highest BCUT2D eigenvalue weighted by molar-refractivity contribution is 6.32. The number of aryl methyl sites for hydroxylation is 1. The summed E-state index contributed by atoms with van der Waals surface area (Å²) in [5.74, 6) is 0. The van der Waals surface area contributed by atoms with Crippen LogP contribution < -0.4 is 15.8 Å². The molecule has 1 aromatic heterocycles. The second kappa shape index (κ2) is 6.62. The number of benzene rings is 1. The van der Waals surface area contributed by atoms with E-state index in [1.807, 2.05) is 0 Å². The van der Waals surface area contributed by atoms with Gasteiger partial charge in [-0.25, -0.2) is 4.68 Å². The molecule has 23 heavy (non-hydrogen) atoms. The highest BCUT2D eigenvalue weighted by atomic mass is 35.5. The van der Waals surface area contributed by atoms with Gasteiger partial charge in [0.1, 0.15) is 5.02 Å². The van der Waals surface area contributed by atoms with Gasteiger partial charge in [-0.3, -0.25) is 4.79 Å². The Kier molecular flexibility index (Phi) is 4.57. The van der Waals surface area contributed by atoms with Crippen molar-refractivity contribution in [1.29, 1.82) is 0 Å². The molecule has 0 bridgehead atoms. The molecule has 0 spiro atoms. The molecule has 0 aliphatic carbocycles. The summed E-state index contributed by atoms with van der Waals surface area (Å²) in [7, 11) is 1.73. The Hall–Kier alpha value is -2.01. The fourth-order valence-electron chi connectivity index (χ4n) is 3.15. The molecule has 1 aromatic carbocycles. The molecule has 1 aliphatic heterocycles. The summed E-state index contributed by atoms with van der Waals surface area (Å²) in [5.41, 5.74) is 2.91. The smallest absolute Gasteiger partial charge is 0.287 e. The maximum absolute atomic E-state index is 12.4. The van der Waals surface area contributed by atoms with Gasteiger partial charge in [0.2, 0.25) is 0 Å². The second-order valence-electron chi connectivity index (χ2n) is 5.88. The fourth-order valence-corrected chi connectivity index (χ4v) is 3.38. The zero-order valence-corrected chi connectivity index (χ0v) is 14.2. The number of hydrogen-bond donors (Lipinski definition) is 1. The van der Waals surface area contributed by atoms with Crippen LogP contribution in [0.25, 0.3) is 0 Å². The molecule has 2 heterocycles. The van der Waals surface area contributed by atoms with Crippen LogP contribution in [0.4, 0.5) is 11.4 Å². The number of nitrogens with one attached hydrogen (secondary N) is 1. The molecular formula is C17H21ClN4O. The summed E-state index contributed by atoms with van der Waals surface area (Å²) in [5, 5.41) is 7.38. The number of rotatable bonds is 3. The minimum atomic E-state index is -0.215. The first-order valence-electron chi connectivity index (χ1n) is 7.87. The van der Waals surface area contributed by atoms with Crippen molar-refractivity contribution in [1.82, 2.24) is 9.78 Å². The summed E-state index contributed by atoms with van der Waals surface area (Å²) >= 11 is 6.12. The average molecular weight is 333 g/mol. The molecule has 1 aliphatic rings. The molecule has 1 fully saturated rings. The van der Waals surface area contributed by atoms with Gasteiger partial charge in [0.05, 0.1) is 17.9 Å². The average Bonchev–Trinajstić information content (AvgIpc) is 2.58. The lowest BCUT2D eigenvalue weighted by Gasteiger charge is -2.34. The van der Waals surface area contributed by atoms with E-state index in [-0.39, 0.29) is 16.6 Å². The van der Waals surface area contributed by atoms with E-state index in [0.717, 1.165) is 25.9 Å². The van der Waals surface area contributed by atoms with Crippen LogP contribution in [-0.2, 0) is 0 Å². The number of anilines is 2. The van der Waals surface area contributed by atoms with Gasteiger partial charge < -0.3 is 10.2 Å². The highest BCUT2D eigenvalue weighted by Crippen LogP contribution is 2.28. The topological polar surface area (TPSA) is 50.2 Å². The van der Waals surface area contributed by atoms with Crippen LogP contribution in [0.3, 0.4) is 0 Å². The van der Waals surface area contributed by atoms with Crippen LogP contribution >= 0.6 is 11.6 Å². The Bertz CT molecular complexity index is 750. The summed E-state index contributed by atoms with van der Waals surface area (Å²) in [6, 6.07) is 8.51. The van der Waals surface area contributed by atoms with Gasteiger partial charge in [-0.2, -0.15) is 5.10 Å². The van der Waals surface area contributed by atoms with E-state index in [1.54, 1.807) is 17.9 Å². The molecule has 1 N–H and O–H groups in total. The Morgan fingerprint density at radius 3 is 2.61 bits per heavy atom. The van der Waals surface area contributed by atoms with Gasteiger partial charge in [-0.05, 0) is 31.4 Å². The first kappa shape index (κ1) is 15.9. The third-order valence-corrected chi connectivity index (χ3v) is 4.84. The monoisotopic (exact) mass is 332 g/mol. The molecule has 6 heteroatoms. The molecule has 2 aromatic rings. The maximum atomic E-state index is 12.4. The fraction of sp³-hybridized carbons (Fsp3) is 0.412. The van der Waals surface area contributed by atoms with Crippen molar-refractivity contribution >= 4 is 23.0 Å². The molecule has 0 amide bonds. The minimum Gasteiger partial charge on any atom is -0.385 e. The van der Waals surface area contributed by atoms with Gasteiger partial charge in [0, 0.05) is 25.8 Å². The molecule has 0 radical (unpaired) electrons. The van der Waals surface area contributed by atoms with E-state index in [2.05, 4.69) is 46.5 Å².